The van der Waals surface area contributed by atoms with Crippen LogP contribution in [0.3, 0.4) is 0 Å². The van der Waals surface area contributed by atoms with Crippen molar-refractivity contribution in [2.75, 3.05) is 18.0 Å². The third-order valence-electron chi connectivity index (χ3n) is 5.59. The van der Waals surface area contributed by atoms with Crippen LogP contribution < -0.4 is 10.2 Å². The normalized spacial score (nSPS) is 16.3. The number of halogens is 1. The lowest BCUT2D eigenvalue weighted by atomic mass is 9.99. The van der Waals surface area contributed by atoms with Gasteiger partial charge in [-0.25, -0.2) is 9.37 Å². The predicted molar refractivity (Wildman–Crippen MR) is 111 cm³/mol. The van der Waals surface area contributed by atoms with E-state index in [0.717, 1.165) is 43.7 Å². The second-order valence-corrected chi connectivity index (χ2v) is 7.58. The van der Waals surface area contributed by atoms with Crippen LogP contribution in [0.4, 0.5) is 10.1 Å². The van der Waals surface area contributed by atoms with Crippen molar-refractivity contribution in [3.63, 3.8) is 0 Å². The quantitative estimate of drug-likeness (QED) is 0.693. The molecule has 1 aliphatic rings. The lowest BCUT2D eigenvalue weighted by molar-refractivity contribution is 0.346. The van der Waals surface area contributed by atoms with E-state index in [9.17, 15) is 4.39 Å². The number of piperidine rings is 1. The Bertz CT molecular complexity index is 871. The zero-order chi connectivity index (χ0) is 19.3. The molecule has 1 fully saturated rings. The smallest absolute Gasteiger partial charge is 0.123 e. The molecule has 0 saturated carbocycles. The molecule has 0 amide bonds. The van der Waals surface area contributed by atoms with Gasteiger partial charge < -0.3 is 14.8 Å². The number of aromatic nitrogens is 2. The minimum absolute atomic E-state index is 0.164. The molecule has 1 aromatic heterocycles. The molecule has 1 saturated heterocycles. The van der Waals surface area contributed by atoms with Gasteiger partial charge in [-0.2, -0.15) is 0 Å². The Morgan fingerprint density at radius 1 is 1.14 bits per heavy atom. The standard InChI is InChI=1S/C23H27FN4/c1-18-15-20(24)7-8-23(18)28-12-9-21(10-13-28)26-22(16-27-14-11-25-17-27)19-5-3-2-4-6-19/h2-8,11,14-15,17,21-22,26H,9-10,12-13,16H2,1H3. The molecule has 5 heteroatoms. The van der Waals surface area contributed by atoms with Crippen molar-refractivity contribution >= 4 is 5.69 Å². The van der Waals surface area contributed by atoms with Crippen LogP contribution in [0.1, 0.15) is 30.0 Å². The van der Waals surface area contributed by atoms with Gasteiger partial charge in [-0.3, -0.25) is 0 Å². The number of benzene rings is 2. The average molecular weight is 378 g/mol. The van der Waals surface area contributed by atoms with Crippen LogP contribution in [0.2, 0.25) is 0 Å². The first-order valence-corrected chi connectivity index (χ1v) is 9.97. The van der Waals surface area contributed by atoms with Crippen molar-refractivity contribution in [2.24, 2.45) is 0 Å². The fourth-order valence-electron chi connectivity index (χ4n) is 4.09. The predicted octanol–water partition coefficient (Wildman–Crippen LogP) is 4.33. The second kappa shape index (κ2) is 8.57. The van der Waals surface area contributed by atoms with Gasteiger partial charge in [-0.15, -0.1) is 0 Å². The van der Waals surface area contributed by atoms with E-state index in [0.29, 0.717) is 6.04 Å². The number of hydrogen-bond donors (Lipinski definition) is 1. The zero-order valence-corrected chi connectivity index (χ0v) is 16.3. The summed E-state index contributed by atoms with van der Waals surface area (Å²) in [5.74, 6) is -0.164. The lowest BCUT2D eigenvalue weighted by Gasteiger charge is -2.36. The zero-order valence-electron chi connectivity index (χ0n) is 16.3. The van der Waals surface area contributed by atoms with Crippen LogP contribution in [0.5, 0.6) is 0 Å². The number of anilines is 1. The van der Waals surface area contributed by atoms with Gasteiger partial charge in [0.25, 0.3) is 0 Å². The summed E-state index contributed by atoms with van der Waals surface area (Å²) in [6.45, 7) is 4.81. The van der Waals surface area contributed by atoms with Crippen LogP contribution in [-0.4, -0.2) is 28.7 Å². The van der Waals surface area contributed by atoms with Gasteiger partial charge in [-0.05, 0) is 49.1 Å². The Hall–Kier alpha value is -2.66. The minimum atomic E-state index is -0.164. The van der Waals surface area contributed by atoms with Crippen molar-refractivity contribution in [3.05, 3.63) is 84.2 Å². The van der Waals surface area contributed by atoms with Crippen molar-refractivity contribution < 1.29 is 4.39 Å². The fourth-order valence-corrected chi connectivity index (χ4v) is 4.09. The van der Waals surface area contributed by atoms with Crippen molar-refractivity contribution in [3.8, 4) is 0 Å². The van der Waals surface area contributed by atoms with E-state index < -0.39 is 0 Å². The number of rotatable bonds is 6. The summed E-state index contributed by atoms with van der Waals surface area (Å²) in [5, 5.41) is 3.87. The molecule has 0 radical (unpaired) electrons. The van der Waals surface area contributed by atoms with Crippen molar-refractivity contribution in [1.29, 1.82) is 0 Å². The highest BCUT2D eigenvalue weighted by molar-refractivity contribution is 5.53. The molecule has 0 bridgehead atoms. The summed E-state index contributed by atoms with van der Waals surface area (Å²) < 4.78 is 15.5. The molecule has 1 N–H and O–H groups in total. The van der Waals surface area contributed by atoms with E-state index in [1.165, 1.54) is 5.56 Å². The third-order valence-corrected chi connectivity index (χ3v) is 5.59. The molecule has 4 nitrogen and oxygen atoms in total. The molecule has 3 aromatic rings. The number of aryl methyl sites for hydroxylation is 1. The van der Waals surface area contributed by atoms with Gasteiger partial charge in [0.15, 0.2) is 0 Å². The molecule has 0 spiro atoms. The lowest BCUT2D eigenvalue weighted by Crippen LogP contribution is -2.44. The maximum absolute atomic E-state index is 13.4. The Morgan fingerprint density at radius 2 is 1.93 bits per heavy atom. The molecule has 146 valence electrons. The summed E-state index contributed by atoms with van der Waals surface area (Å²) >= 11 is 0. The SMILES string of the molecule is Cc1cc(F)ccc1N1CCC(NC(Cn2ccnc2)c2ccccc2)CC1. The van der Waals surface area contributed by atoms with Gasteiger partial charge in [0.2, 0.25) is 0 Å². The molecule has 28 heavy (non-hydrogen) atoms. The second-order valence-electron chi connectivity index (χ2n) is 7.58. The van der Waals surface area contributed by atoms with Gasteiger partial charge in [0, 0.05) is 43.8 Å². The highest BCUT2D eigenvalue weighted by Crippen LogP contribution is 2.26. The van der Waals surface area contributed by atoms with Crippen LogP contribution in [0.25, 0.3) is 0 Å². The van der Waals surface area contributed by atoms with Gasteiger partial charge in [0.1, 0.15) is 5.82 Å². The Kier molecular flexibility index (Phi) is 5.72. The van der Waals surface area contributed by atoms with E-state index in [1.54, 1.807) is 12.1 Å². The van der Waals surface area contributed by atoms with Crippen LogP contribution in [0, 0.1) is 12.7 Å². The van der Waals surface area contributed by atoms with E-state index in [-0.39, 0.29) is 11.9 Å². The molecule has 2 aromatic carbocycles. The van der Waals surface area contributed by atoms with E-state index in [4.69, 9.17) is 0 Å². The summed E-state index contributed by atoms with van der Waals surface area (Å²) in [5.41, 5.74) is 3.46. The number of hydrogen-bond acceptors (Lipinski definition) is 3. The first-order chi connectivity index (χ1) is 13.7. The number of nitrogens with zero attached hydrogens (tertiary/aromatic N) is 3. The summed E-state index contributed by atoms with van der Waals surface area (Å²) in [6, 6.07) is 16.4. The fraction of sp³-hybridized carbons (Fsp3) is 0.348. The van der Waals surface area contributed by atoms with Gasteiger partial charge in [0.05, 0.1) is 12.4 Å². The topological polar surface area (TPSA) is 33.1 Å². The van der Waals surface area contributed by atoms with Crippen molar-refractivity contribution in [1.82, 2.24) is 14.9 Å². The monoisotopic (exact) mass is 378 g/mol. The minimum Gasteiger partial charge on any atom is -0.371 e. The Balaban J connectivity index is 1.41. The molecule has 1 atom stereocenters. The molecule has 1 unspecified atom stereocenters. The molecular formula is C23H27FN4. The molecule has 4 rings (SSSR count). The van der Waals surface area contributed by atoms with E-state index in [2.05, 4.69) is 50.1 Å². The molecular weight excluding hydrogens is 351 g/mol. The maximum Gasteiger partial charge on any atom is 0.123 e. The first-order valence-electron chi connectivity index (χ1n) is 9.97. The first kappa shape index (κ1) is 18.7. The summed E-state index contributed by atoms with van der Waals surface area (Å²) in [7, 11) is 0. The highest BCUT2D eigenvalue weighted by Gasteiger charge is 2.23. The van der Waals surface area contributed by atoms with E-state index >= 15 is 0 Å². The van der Waals surface area contributed by atoms with Gasteiger partial charge in [-0.1, -0.05) is 30.3 Å². The van der Waals surface area contributed by atoms with Crippen LogP contribution in [0.15, 0.2) is 67.3 Å². The average Bonchev–Trinajstić information content (AvgIpc) is 3.22. The maximum atomic E-state index is 13.4. The number of imidazole rings is 1. The van der Waals surface area contributed by atoms with E-state index in [1.807, 2.05) is 31.7 Å². The molecule has 0 aliphatic carbocycles. The molecule has 1 aliphatic heterocycles. The van der Waals surface area contributed by atoms with Crippen LogP contribution in [-0.2, 0) is 6.54 Å². The van der Waals surface area contributed by atoms with Gasteiger partial charge >= 0.3 is 0 Å². The molecule has 2 heterocycles. The van der Waals surface area contributed by atoms with Crippen molar-refractivity contribution in [2.45, 2.75) is 38.4 Å². The number of nitrogens with one attached hydrogen (secondary N) is 1. The summed E-state index contributed by atoms with van der Waals surface area (Å²) in [6.07, 6.45) is 7.86. The highest BCUT2D eigenvalue weighted by atomic mass is 19.1. The van der Waals surface area contributed by atoms with Crippen LogP contribution >= 0.6 is 0 Å². The third kappa shape index (κ3) is 4.42. The largest absolute Gasteiger partial charge is 0.371 e. The Labute approximate surface area is 166 Å². The Morgan fingerprint density at radius 3 is 2.61 bits per heavy atom. The summed E-state index contributed by atoms with van der Waals surface area (Å²) in [4.78, 5) is 6.55.